The molecule has 0 radical (unpaired) electrons. The number of carbonyl (C=O) groups excluding carboxylic acids is 2. The normalized spacial score (nSPS) is 16.5. The molecule has 2 aromatic rings. The lowest BCUT2D eigenvalue weighted by Gasteiger charge is -2.11. The van der Waals surface area contributed by atoms with Crippen LogP contribution in [-0.4, -0.2) is 16.8 Å². The van der Waals surface area contributed by atoms with Crippen LogP contribution in [-0.2, 0) is 11.3 Å². The first-order valence-electron chi connectivity index (χ1n) is 6.37. The number of nitrogens with one attached hydrogen (secondary N) is 1. The molecule has 3 amide bonds. The maximum atomic E-state index is 12.9. The molecule has 0 unspecified atom stereocenters. The second kappa shape index (κ2) is 5.90. The quantitative estimate of drug-likeness (QED) is 0.687. The molecule has 112 valence electrons. The topological polar surface area (TPSA) is 49.4 Å². The van der Waals surface area contributed by atoms with Crippen LogP contribution in [0.3, 0.4) is 0 Å². The first kappa shape index (κ1) is 14.7. The Morgan fingerprint density at radius 3 is 2.55 bits per heavy atom. The molecule has 0 saturated carbocycles. The van der Waals surface area contributed by atoms with Gasteiger partial charge in [0, 0.05) is 4.88 Å². The number of carbonyl (C=O) groups is 2. The fourth-order valence-electron chi connectivity index (χ4n) is 2.04. The van der Waals surface area contributed by atoms with Crippen LogP contribution in [0.4, 0.5) is 9.18 Å². The lowest BCUT2D eigenvalue weighted by Crippen LogP contribution is -2.30. The number of benzene rings is 1. The Bertz CT molecular complexity index is 770. The fourth-order valence-corrected chi connectivity index (χ4v) is 3.04. The Balaban J connectivity index is 1.79. The summed E-state index contributed by atoms with van der Waals surface area (Å²) in [6, 6.07) is 8.64. The van der Waals surface area contributed by atoms with E-state index in [0.29, 0.717) is 9.90 Å². The van der Waals surface area contributed by atoms with E-state index in [0.717, 1.165) is 9.78 Å². The van der Waals surface area contributed by atoms with Gasteiger partial charge in [-0.3, -0.25) is 9.69 Å². The van der Waals surface area contributed by atoms with Crippen molar-refractivity contribution in [2.75, 3.05) is 0 Å². The molecule has 0 bridgehead atoms. The Kier molecular flexibility index (Phi) is 3.96. The van der Waals surface area contributed by atoms with Gasteiger partial charge in [-0.2, -0.15) is 0 Å². The third kappa shape index (κ3) is 3.03. The van der Waals surface area contributed by atoms with E-state index < -0.39 is 11.9 Å². The number of hydrogen-bond donors (Lipinski definition) is 1. The van der Waals surface area contributed by atoms with E-state index in [1.54, 1.807) is 18.2 Å². The molecule has 2 heterocycles. The summed E-state index contributed by atoms with van der Waals surface area (Å²) in [5.74, 6) is -0.782. The van der Waals surface area contributed by atoms with E-state index in [-0.39, 0.29) is 18.1 Å². The Morgan fingerprint density at radius 2 is 1.91 bits per heavy atom. The first-order chi connectivity index (χ1) is 10.5. The van der Waals surface area contributed by atoms with Crippen molar-refractivity contribution in [1.82, 2.24) is 10.2 Å². The largest absolute Gasteiger partial charge is 0.329 e. The van der Waals surface area contributed by atoms with Crippen molar-refractivity contribution in [3.05, 3.63) is 62.7 Å². The lowest BCUT2D eigenvalue weighted by molar-refractivity contribution is -0.123. The molecule has 3 rings (SSSR count). The number of nitrogens with zero attached hydrogens (tertiary/aromatic N) is 1. The predicted molar refractivity (Wildman–Crippen MR) is 82.8 cm³/mol. The molecule has 1 aliphatic heterocycles. The molecule has 1 aromatic carbocycles. The van der Waals surface area contributed by atoms with Crippen molar-refractivity contribution in [1.29, 1.82) is 0 Å². The second-order valence-corrected chi connectivity index (χ2v) is 6.39. The van der Waals surface area contributed by atoms with Crippen molar-refractivity contribution in [3.63, 3.8) is 0 Å². The summed E-state index contributed by atoms with van der Waals surface area (Å²) in [7, 11) is 0. The molecule has 7 heteroatoms. The highest BCUT2D eigenvalue weighted by Gasteiger charge is 2.33. The van der Waals surface area contributed by atoms with Crippen molar-refractivity contribution < 1.29 is 14.0 Å². The van der Waals surface area contributed by atoms with E-state index >= 15 is 0 Å². The molecular weight excluding hydrogens is 327 g/mol. The van der Waals surface area contributed by atoms with Gasteiger partial charge < -0.3 is 5.32 Å². The maximum absolute atomic E-state index is 12.9. The van der Waals surface area contributed by atoms with Gasteiger partial charge in [0.15, 0.2) is 0 Å². The summed E-state index contributed by atoms with van der Waals surface area (Å²) in [6.45, 7) is 0.0908. The summed E-state index contributed by atoms with van der Waals surface area (Å²) in [5.41, 5.74) is 0.871. The van der Waals surface area contributed by atoms with Crippen LogP contribution >= 0.6 is 22.9 Å². The van der Waals surface area contributed by atoms with Crippen molar-refractivity contribution >= 4 is 41.0 Å². The first-order valence-corrected chi connectivity index (χ1v) is 7.57. The van der Waals surface area contributed by atoms with Crippen molar-refractivity contribution in [3.8, 4) is 0 Å². The summed E-state index contributed by atoms with van der Waals surface area (Å²) >= 11 is 7.15. The summed E-state index contributed by atoms with van der Waals surface area (Å²) < 4.78 is 13.5. The van der Waals surface area contributed by atoms with Gasteiger partial charge in [0.2, 0.25) is 0 Å². The molecule has 1 N–H and O–H groups in total. The highest BCUT2D eigenvalue weighted by molar-refractivity contribution is 7.17. The molecule has 0 atom stereocenters. The minimum Gasteiger partial charge on any atom is -0.303 e. The van der Waals surface area contributed by atoms with Gasteiger partial charge in [-0.15, -0.1) is 11.3 Å². The number of halogens is 2. The summed E-state index contributed by atoms with van der Waals surface area (Å²) in [4.78, 5) is 26.0. The fraction of sp³-hybridized carbons (Fsp3) is 0.0667. The van der Waals surface area contributed by atoms with E-state index in [9.17, 15) is 14.0 Å². The Morgan fingerprint density at radius 1 is 1.18 bits per heavy atom. The molecule has 0 aliphatic carbocycles. The number of thiophene rings is 1. The van der Waals surface area contributed by atoms with Gasteiger partial charge in [-0.25, -0.2) is 9.18 Å². The Labute approximate surface area is 134 Å². The monoisotopic (exact) mass is 336 g/mol. The zero-order valence-corrected chi connectivity index (χ0v) is 12.7. The highest BCUT2D eigenvalue weighted by atomic mass is 35.5. The SMILES string of the molecule is O=C1N/C(=C\c2ccc(Cl)s2)C(=O)N1Cc1ccc(F)cc1. The zero-order chi connectivity index (χ0) is 15.7. The van der Waals surface area contributed by atoms with E-state index in [1.807, 2.05) is 0 Å². The molecule has 1 saturated heterocycles. The second-order valence-electron chi connectivity index (χ2n) is 4.65. The average molecular weight is 337 g/mol. The zero-order valence-electron chi connectivity index (χ0n) is 11.2. The number of amides is 3. The van der Waals surface area contributed by atoms with Gasteiger partial charge in [-0.05, 0) is 35.9 Å². The number of hydrogen-bond acceptors (Lipinski definition) is 3. The van der Waals surface area contributed by atoms with Crippen molar-refractivity contribution in [2.24, 2.45) is 0 Å². The van der Waals surface area contributed by atoms with E-state index in [2.05, 4.69) is 5.32 Å². The van der Waals surface area contributed by atoms with Gasteiger partial charge >= 0.3 is 6.03 Å². The van der Waals surface area contributed by atoms with Gasteiger partial charge in [0.25, 0.3) is 5.91 Å². The van der Waals surface area contributed by atoms with E-state index in [4.69, 9.17) is 11.6 Å². The maximum Gasteiger partial charge on any atom is 0.329 e. The minimum atomic E-state index is -0.497. The summed E-state index contributed by atoms with van der Waals surface area (Å²) in [6.07, 6.45) is 1.58. The predicted octanol–water partition coefficient (Wildman–Crippen LogP) is 3.63. The van der Waals surface area contributed by atoms with Crippen molar-refractivity contribution in [2.45, 2.75) is 6.54 Å². The van der Waals surface area contributed by atoms with E-state index in [1.165, 1.54) is 35.6 Å². The molecule has 1 fully saturated rings. The van der Waals surface area contributed by atoms with Gasteiger partial charge in [0.1, 0.15) is 11.5 Å². The van der Waals surface area contributed by atoms with Crippen LogP contribution < -0.4 is 5.32 Å². The third-order valence-corrected chi connectivity index (χ3v) is 4.28. The molecule has 22 heavy (non-hydrogen) atoms. The highest BCUT2D eigenvalue weighted by Crippen LogP contribution is 2.25. The van der Waals surface area contributed by atoms with Crippen LogP contribution in [0, 0.1) is 5.82 Å². The number of imide groups is 1. The van der Waals surface area contributed by atoms with Crippen LogP contribution in [0.25, 0.3) is 6.08 Å². The Hall–Kier alpha value is -2.18. The van der Waals surface area contributed by atoms with Gasteiger partial charge in [0.05, 0.1) is 10.9 Å². The molecule has 1 aliphatic rings. The standard InChI is InChI=1S/C15H10ClFN2O2S/c16-13-6-5-11(22-13)7-12-14(20)19(15(21)18-12)8-9-1-3-10(17)4-2-9/h1-7H,8H2,(H,18,21)/b12-7-. The molecular formula is C15H10ClFN2O2S. The molecule has 4 nitrogen and oxygen atoms in total. The van der Waals surface area contributed by atoms with Crippen LogP contribution in [0.15, 0.2) is 42.1 Å². The molecule has 1 aromatic heterocycles. The molecule has 0 spiro atoms. The van der Waals surface area contributed by atoms with Crippen LogP contribution in [0.5, 0.6) is 0 Å². The third-order valence-electron chi connectivity index (χ3n) is 3.10. The summed E-state index contributed by atoms with van der Waals surface area (Å²) in [5, 5.41) is 2.53. The van der Waals surface area contributed by atoms with Crippen LogP contribution in [0.2, 0.25) is 4.34 Å². The average Bonchev–Trinajstić information content (AvgIpc) is 3.00. The number of rotatable bonds is 3. The lowest BCUT2D eigenvalue weighted by atomic mass is 10.2. The number of urea groups is 1. The van der Waals surface area contributed by atoms with Gasteiger partial charge in [-0.1, -0.05) is 23.7 Å². The minimum absolute atomic E-state index is 0.0908. The van der Waals surface area contributed by atoms with Crippen LogP contribution in [0.1, 0.15) is 10.4 Å². The smallest absolute Gasteiger partial charge is 0.303 e.